The van der Waals surface area contributed by atoms with E-state index in [1.165, 1.54) is 22.6 Å². The van der Waals surface area contributed by atoms with Crippen LogP contribution in [0, 0.1) is 5.92 Å². The molecule has 1 aromatic carbocycles. The summed E-state index contributed by atoms with van der Waals surface area (Å²) in [7, 11) is 2.27. The number of rotatable bonds is 18. The number of amides is 10. The number of aliphatic carboxylic acids is 1. The van der Waals surface area contributed by atoms with Crippen LogP contribution in [0.1, 0.15) is 78.2 Å². The number of likely N-dealkylation sites (tertiary alicyclic amines) is 1. The third-order valence-electron chi connectivity index (χ3n) is 11.4. The van der Waals surface area contributed by atoms with Crippen molar-refractivity contribution in [2.24, 2.45) is 23.1 Å². The van der Waals surface area contributed by atoms with E-state index in [1.807, 2.05) is 6.92 Å². The predicted octanol–water partition coefficient (Wildman–Crippen LogP) is -2.41. The van der Waals surface area contributed by atoms with Gasteiger partial charge in [-0.05, 0) is 69.7 Å². The average Bonchev–Trinajstić information content (AvgIpc) is 3.84. The zero-order chi connectivity index (χ0) is 56.6. The normalized spacial score (nSPS) is 22.6. The number of alkyl halides is 3. The number of halogens is 3. The minimum atomic E-state index is -5.08. The Morgan fingerprint density at radius 3 is 2.04 bits per heavy atom. The molecule has 10 amide bonds. The quantitative estimate of drug-likeness (QED) is 0.0681. The van der Waals surface area contributed by atoms with E-state index in [0.29, 0.717) is 37.2 Å². The van der Waals surface area contributed by atoms with Crippen LogP contribution in [0.15, 0.2) is 24.3 Å². The molecule has 25 nitrogen and oxygen atoms in total. The first-order chi connectivity index (χ1) is 35.2. The first-order valence-corrected chi connectivity index (χ1v) is 26.3. The lowest BCUT2D eigenvalue weighted by Crippen LogP contribution is -2.63. The lowest BCUT2D eigenvalue weighted by Gasteiger charge is -2.31. The fourth-order valence-electron chi connectivity index (χ4n) is 7.29. The summed E-state index contributed by atoms with van der Waals surface area (Å²) < 4.78 is 37.3. The Hall–Kier alpha value is -6.40. The molecular formula is C45H68F3N11O14S2. The van der Waals surface area contributed by atoms with Gasteiger partial charge in [0.05, 0.1) is 25.7 Å². The van der Waals surface area contributed by atoms with Crippen LogP contribution in [0.25, 0.3) is 0 Å². The largest absolute Gasteiger partial charge is 0.494 e. The molecule has 75 heavy (non-hydrogen) atoms. The number of primary amides is 2. The molecule has 2 fully saturated rings. The summed E-state index contributed by atoms with van der Waals surface area (Å²) in [6, 6.07) is -2.62. The van der Waals surface area contributed by atoms with Crippen molar-refractivity contribution < 1.29 is 80.9 Å². The molecule has 0 spiro atoms. The van der Waals surface area contributed by atoms with Gasteiger partial charge in [-0.25, -0.2) is 4.79 Å². The summed E-state index contributed by atoms with van der Waals surface area (Å²) in [5.41, 5.74) is 17.0. The highest BCUT2D eigenvalue weighted by Crippen LogP contribution is 2.26. The maximum Gasteiger partial charge on any atom is 0.490 e. The van der Waals surface area contributed by atoms with Gasteiger partial charge in [0, 0.05) is 30.9 Å². The van der Waals surface area contributed by atoms with E-state index in [4.69, 9.17) is 31.8 Å². The maximum absolute atomic E-state index is 14.4. The Kier molecular flexibility index (Phi) is 27.7. The molecule has 2 aliphatic heterocycles. The topological polar surface area (TPSA) is 403 Å². The highest BCUT2D eigenvalue weighted by Gasteiger charge is 2.41. The van der Waals surface area contributed by atoms with Crippen molar-refractivity contribution in [2.45, 2.75) is 134 Å². The second-order valence-electron chi connectivity index (χ2n) is 17.3. The van der Waals surface area contributed by atoms with Crippen LogP contribution in [0.4, 0.5) is 13.2 Å². The molecule has 2 heterocycles. The molecule has 9 atom stereocenters. The zero-order valence-corrected chi connectivity index (χ0v) is 43.5. The third-order valence-corrected chi connectivity index (χ3v) is 13.8. The highest BCUT2D eigenvalue weighted by molar-refractivity contribution is 8.76. The summed E-state index contributed by atoms with van der Waals surface area (Å²) in [6.07, 6.45) is -6.14. The molecule has 2 saturated heterocycles. The van der Waals surface area contributed by atoms with Crippen LogP contribution in [0.3, 0.4) is 0 Å². The van der Waals surface area contributed by atoms with E-state index in [9.17, 15) is 66.2 Å². The summed E-state index contributed by atoms with van der Waals surface area (Å²) in [4.78, 5) is 144. The molecule has 15 N–H and O–H groups in total. The van der Waals surface area contributed by atoms with Crippen molar-refractivity contribution in [3.63, 3.8) is 0 Å². The second-order valence-corrected chi connectivity index (χ2v) is 19.9. The van der Waals surface area contributed by atoms with Crippen LogP contribution >= 0.6 is 21.6 Å². The van der Waals surface area contributed by atoms with Crippen molar-refractivity contribution in [1.82, 2.24) is 42.1 Å². The summed E-state index contributed by atoms with van der Waals surface area (Å²) >= 11 is 0. The van der Waals surface area contributed by atoms with E-state index in [2.05, 4.69) is 37.2 Å². The summed E-state index contributed by atoms with van der Waals surface area (Å²) in [6.45, 7) is 6.72. The van der Waals surface area contributed by atoms with E-state index in [-0.39, 0.29) is 50.3 Å². The fourth-order valence-corrected chi connectivity index (χ4v) is 9.44. The number of aliphatic hydroxyl groups excluding tert-OH is 1. The standard InChI is InChI=1S/C43H67N11O12S2.C2HF3O2/c1-5-23(3)35-41(63)53-36(24(4)55)42(64)50-29(20-32(45)56)38(60)51-30(43(65)54-17-8-10-31(54)40(62)49-27(9-7-16-44)37(59)47-21-33(46)57)22-68-67-18-15-34(58)48-28(39(61)52-35)19-25-11-13-26(14-12-25)66-6-2;3-2(4,5)1(6)7/h11-14,23-24,27-31,35-36,55H,5-10,15-22,44H2,1-4H3,(H2,45,56)(H2,46,57)(H,47,59)(H,48,58)(H,49,62)(H,50,64)(H,51,60)(H,52,61)(H,53,63);(H,6,7)/t23-,24+,27-,28+,29+,30-,31-,35-,36-;/m0./s1. The molecule has 0 unspecified atom stereocenters. The number of carbonyl (C=O) groups excluding carboxylic acids is 10. The molecule has 0 bridgehead atoms. The van der Waals surface area contributed by atoms with Gasteiger partial charge in [-0.1, -0.05) is 54.0 Å². The number of carboxylic acid groups (broad SMARTS) is 1. The van der Waals surface area contributed by atoms with Gasteiger partial charge in [-0.15, -0.1) is 0 Å². The number of hydrogen-bond acceptors (Lipinski definition) is 16. The second kappa shape index (κ2) is 32.1. The predicted molar refractivity (Wildman–Crippen MR) is 266 cm³/mol. The highest BCUT2D eigenvalue weighted by atomic mass is 33.1. The van der Waals surface area contributed by atoms with E-state index in [1.54, 1.807) is 38.1 Å². The van der Waals surface area contributed by atoms with Gasteiger partial charge in [0.1, 0.15) is 48.0 Å². The Morgan fingerprint density at radius 2 is 1.48 bits per heavy atom. The molecule has 2 aliphatic rings. The number of carboxylic acids is 1. The molecular weight excluding hydrogens is 1040 g/mol. The van der Waals surface area contributed by atoms with Crippen LogP contribution in [0.5, 0.6) is 5.75 Å². The van der Waals surface area contributed by atoms with Gasteiger partial charge >= 0.3 is 12.1 Å². The van der Waals surface area contributed by atoms with Gasteiger partial charge in [0.15, 0.2) is 0 Å². The number of nitrogens with two attached hydrogens (primary N) is 3. The van der Waals surface area contributed by atoms with Crippen molar-refractivity contribution in [3.05, 3.63) is 29.8 Å². The molecule has 0 aliphatic carbocycles. The van der Waals surface area contributed by atoms with Crippen molar-refractivity contribution in [3.8, 4) is 5.75 Å². The Balaban J connectivity index is 0.00000256. The van der Waals surface area contributed by atoms with E-state index < -0.39 is 138 Å². The van der Waals surface area contributed by atoms with Crippen LogP contribution in [-0.4, -0.2) is 172 Å². The van der Waals surface area contributed by atoms with Crippen LogP contribution in [0.2, 0.25) is 0 Å². The minimum absolute atomic E-state index is 0.0243. The fraction of sp³-hybridized carbons (Fsp3) is 0.622. The first kappa shape index (κ1) is 64.7. The summed E-state index contributed by atoms with van der Waals surface area (Å²) in [5.74, 6) is -10.8. The third kappa shape index (κ3) is 22.5. The molecule has 0 aromatic heterocycles. The SMILES string of the molecule is CCOc1ccc(C[C@H]2NC(=O)CCSSC[C@@H](C(=O)N3CCC[C@H]3C(=O)N[C@@H](CCCN)C(=O)NCC(N)=O)NC(=O)[C@@H](CC(N)=O)NC(=O)[C@H]([C@@H](C)O)NC(=O)[C@H]([C@@H](C)CC)NC2=O)cc1.O=C(O)C(F)(F)F. The summed E-state index contributed by atoms with van der Waals surface area (Å²) in [5, 5.41) is 35.8. The lowest BCUT2D eigenvalue weighted by molar-refractivity contribution is -0.192. The zero-order valence-electron chi connectivity index (χ0n) is 41.8. The number of aliphatic hydroxyl groups is 1. The van der Waals surface area contributed by atoms with Gasteiger partial charge in [-0.3, -0.25) is 47.9 Å². The van der Waals surface area contributed by atoms with Gasteiger partial charge < -0.3 is 74.3 Å². The smallest absolute Gasteiger partial charge is 0.490 e. The number of carbonyl (C=O) groups is 11. The van der Waals surface area contributed by atoms with Gasteiger partial charge in [-0.2, -0.15) is 13.2 Å². The minimum Gasteiger partial charge on any atom is -0.494 e. The lowest BCUT2D eigenvalue weighted by atomic mass is 9.96. The van der Waals surface area contributed by atoms with Crippen molar-refractivity contribution in [2.75, 3.05) is 37.7 Å². The van der Waals surface area contributed by atoms with E-state index >= 15 is 0 Å². The average molecular weight is 1110 g/mol. The number of nitrogens with zero attached hydrogens (tertiary/aromatic N) is 1. The monoisotopic (exact) mass is 1110 g/mol. The Morgan fingerprint density at radius 1 is 0.867 bits per heavy atom. The number of ether oxygens (including phenoxy) is 1. The molecule has 420 valence electrons. The molecule has 1 aromatic rings. The van der Waals surface area contributed by atoms with Crippen LogP contribution in [-0.2, 0) is 59.2 Å². The number of hydrogen-bond donors (Lipinski definition) is 12. The molecule has 30 heteroatoms. The Labute approximate surface area is 438 Å². The maximum atomic E-state index is 14.4. The Bertz CT molecular complexity index is 2160. The van der Waals surface area contributed by atoms with Crippen molar-refractivity contribution in [1.29, 1.82) is 0 Å². The number of benzene rings is 1. The van der Waals surface area contributed by atoms with Crippen LogP contribution < -0.4 is 59.2 Å². The van der Waals surface area contributed by atoms with Gasteiger partial charge in [0.25, 0.3) is 0 Å². The van der Waals surface area contributed by atoms with Crippen molar-refractivity contribution >= 4 is 86.6 Å². The molecule has 3 rings (SSSR count). The van der Waals surface area contributed by atoms with E-state index in [0.717, 1.165) is 10.8 Å². The van der Waals surface area contributed by atoms with Gasteiger partial charge in [0.2, 0.25) is 59.1 Å². The molecule has 0 saturated carbocycles. The first-order valence-electron chi connectivity index (χ1n) is 23.8. The molecule has 0 radical (unpaired) electrons. The number of nitrogens with one attached hydrogen (secondary N) is 7.